The van der Waals surface area contributed by atoms with Crippen LogP contribution >= 0.6 is 0 Å². The van der Waals surface area contributed by atoms with Crippen molar-refractivity contribution in [3.63, 3.8) is 0 Å². The van der Waals surface area contributed by atoms with Crippen LogP contribution in [0, 0.1) is 5.41 Å². The average molecular weight is 323 g/mol. The summed E-state index contributed by atoms with van der Waals surface area (Å²) in [5.41, 5.74) is 2.19. The van der Waals surface area contributed by atoms with Crippen molar-refractivity contribution in [3.05, 3.63) is 59.7 Å². The van der Waals surface area contributed by atoms with Crippen molar-refractivity contribution in [3.8, 4) is 11.1 Å². The molecule has 0 heterocycles. The fourth-order valence-electron chi connectivity index (χ4n) is 3.02. The Balaban J connectivity index is 1.91. The van der Waals surface area contributed by atoms with Gasteiger partial charge in [0.25, 0.3) is 5.91 Å². The van der Waals surface area contributed by atoms with Crippen molar-refractivity contribution in [2.24, 2.45) is 5.41 Å². The molecule has 3 rings (SSSR count). The molecule has 1 amide bonds. The van der Waals surface area contributed by atoms with E-state index in [0.29, 0.717) is 23.2 Å². The van der Waals surface area contributed by atoms with Crippen LogP contribution in [0.15, 0.2) is 48.5 Å². The molecule has 4 nitrogen and oxygen atoms in total. The standard InChI is InChI=1S/C20H21NO3/c1-2-20(11-12-20)13-21-18(22)16-9-5-3-7-14(16)15-8-4-6-10-17(15)19(23)24/h3-10H,2,11-13H2,1H3,(H,21,22)(H,23,24). The Labute approximate surface area is 141 Å². The van der Waals surface area contributed by atoms with E-state index >= 15 is 0 Å². The Morgan fingerprint density at radius 3 is 2.08 bits per heavy atom. The van der Waals surface area contributed by atoms with Crippen molar-refractivity contribution < 1.29 is 14.7 Å². The predicted molar refractivity (Wildman–Crippen MR) is 93.1 cm³/mol. The summed E-state index contributed by atoms with van der Waals surface area (Å²) in [6.45, 7) is 2.83. The number of hydrogen-bond acceptors (Lipinski definition) is 2. The third kappa shape index (κ3) is 3.18. The van der Waals surface area contributed by atoms with Crippen molar-refractivity contribution >= 4 is 11.9 Å². The van der Waals surface area contributed by atoms with Crippen molar-refractivity contribution in [2.45, 2.75) is 26.2 Å². The SMILES string of the molecule is CCC1(CNC(=O)c2ccccc2-c2ccccc2C(=O)O)CC1. The number of nitrogens with one attached hydrogen (secondary N) is 1. The molecule has 0 unspecified atom stereocenters. The van der Waals surface area contributed by atoms with Gasteiger partial charge in [-0.25, -0.2) is 4.79 Å². The zero-order chi connectivity index (χ0) is 17.2. The molecule has 0 radical (unpaired) electrons. The van der Waals surface area contributed by atoms with Crippen LogP contribution < -0.4 is 5.32 Å². The summed E-state index contributed by atoms with van der Waals surface area (Å²) in [6.07, 6.45) is 3.39. The van der Waals surface area contributed by atoms with E-state index in [-0.39, 0.29) is 16.9 Å². The summed E-state index contributed by atoms with van der Waals surface area (Å²) in [7, 11) is 0. The molecular weight excluding hydrogens is 302 g/mol. The molecule has 0 bridgehead atoms. The highest BCUT2D eigenvalue weighted by Crippen LogP contribution is 2.47. The van der Waals surface area contributed by atoms with Crippen molar-refractivity contribution in [2.75, 3.05) is 6.54 Å². The first-order chi connectivity index (χ1) is 11.6. The molecule has 2 aromatic carbocycles. The molecule has 1 saturated carbocycles. The van der Waals surface area contributed by atoms with Gasteiger partial charge >= 0.3 is 5.97 Å². The number of aromatic carboxylic acids is 1. The first kappa shape index (κ1) is 16.2. The van der Waals surface area contributed by atoms with Gasteiger partial charge in [0.15, 0.2) is 0 Å². The van der Waals surface area contributed by atoms with E-state index in [4.69, 9.17) is 0 Å². The summed E-state index contributed by atoms with van der Waals surface area (Å²) < 4.78 is 0. The zero-order valence-corrected chi connectivity index (χ0v) is 13.7. The number of carbonyl (C=O) groups is 2. The Kier molecular flexibility index (Phi) is 4.38. The predicted octanol–water partition coefficient (Wildman–Crippen LogP) is 3.97. The topological polar surface area (TPSA) is 66.4 Å². The lowest BCUT2D eigenvalue weighted by Crippen LogP contribution is -2.30. The van der Waals surface area contributed by atoms with E-state index in [0.717, 1.165) is 19.3 Å². The molecule has 2 N–H and O–H groups in total. The van der Waals surface area contributed by atoms with Crippen LogP contribution in [-0.4, -0.2) is 23.5 Å². The second-order valence-corrected chi connectivity index (χ2v) is 6.43. The lowest BCUT2D eigenvalue weighted by Gasteiger charge is -2.16. The van der Waals surface area contributed by atoms with Crippen LogP contribution in [0.1, 0.15) is 46.9 Å². The normalized spacial score (nSPS) is 14.9. The molecule has 0 aliphatic heterocycles. The average Bonchev–Trinajstić information content (AvgIpc) is 3.40. The van der Waals surface area contributed by atoms with Crippen LogP contribution in [0.2, 0.25) is 0 Å². The van der Waals surface area contributed by atoms with Crippen molar-refractivity contribution in [1.82, 2.24) is 5.32 Å². The van der Waals surface area contributed by atoms with Gasteiger partial charge in [0, 0.05) is 12.1 Å². The smallest absolute Gasteiger partial charge is 0.336 e. The van der Waals surface area contributed by atoms with E-state index in [2.05, 4.69) is 12.2 Å². The number of hydrogen-bond donors (Lipinski definition) is 2. The monoisotopic (exact) mass is 323 g/mol. The lowest BCUT2D eigenvalue weighted by atomic mass is 9.94. The third-order valence-electron chi connectivity index (χ3n) is 4.95. The fourth-order valence-corrected chi connectivity index (χ4v) is 3.02. The number of rotatable bonds is 6. The maximum Gasteiger partial charge on any atom is 0.336 e. The molecule has 1 aliphatic carbocycles. The molecule has 0 aromatic heterocycles. The third-order valence-corrected chi connectivity index (χ3v) is 4.95. The van der Waals surface area contributed by atoms with Crippen LogP contribution in [0.25, 0.3) is 11.1 Å². The summed E-state index contributed by atoms with van der Waals surface area (Å²) in [5.74, 6) is -1.14. The molecule has 1 fully saturated rings. The maximum atomic E-state index is 12.7. The van der Waals surface area contributed by atoms with Gasteiger partial charge in [-0.3, -0.25) is 4.79 Å². The lowest BCUT2D eigenvalue weighted by molar-refractivity contribution is 0.0697. The van der Waals surface area contributed by atoms with Crippen LogP contribution in [0.3, 0.4) is 0 Å². The summed E-state index contributed by atoms with van der Waals surface area (Å²) in [4.78, 5) is 24.1. The molecule has 0 spiro atoms. The first-order valence-corrected chi connectivity index (χ1v) is 8.26. The van der Waals surface area contributed by atoms with Crippen LogP contribution in [-0.2, 0) is 0 Å². The highest BCUT2D eigenvalue weighted by molar-refractivity contribution is 6.04. The number of benzene rings is 2. The maximum absolute atomic E-state index is 12.7. The number of carboxylic acids is 1. The molecular formula is C20H21NO3. The summed E-state index contributed by atoms with van der Waals surface area (Å²) in [5, 5.41) is 12.4. The number of amides is 1. The highest BCUT2D eigenvalue weighted by Gasteiger charge is 2.40. The Morgan fingerprint density at radius 1 is 1.00 bits per heavy atom. The Hall–Kier alpha value is -2.62. The fraction of sp³-hybridized carbons (Fsp3) is 0.300. The molecule has 2 aromatic rings. The molecule has 0 atom stereocenters. The quantitative estimate of drug-likeness (QED) is 0.845. The number of carboxylic acid groups (broad SMARTS) is 1. The van der Waals surface area contributed by atoms with Crippen LogP contribution in [0.5, 0.6) is 0 Å². The second kappa shape index (κ2) is 6.48. The number of carbonyl (C=O) groups excluding carboxylic acids is 1. The van der Waals surface area contributed by atoms with Gasteiger partial charge in [0.1, 0.15) is 0 Å². The van der Waals surface area contributed by atoms with Crippen molar-refractivity contribution in [1.29, 1.82) is 0 Å². The minimum absolute atomic E-state index is 0.148. The summed E-state index contributed by atoms with van der Waals surface area (Å²) >= 11 is 0. The van der Waals surface area contributed by atoms with E-state index in [1.807, 2.05) is 6.07 Å². The van der Waals surface area contributed by atoms with E-state index in [1.165, 1.54) is 0 Å². The molecule has 4 heteroatoms. The molecule has 24 heavy (non-hydrogen) atoms. The van der Waals surface area contributed by atoms with Gasteiger partial charge in [-0.15, -0.1) is 0 Å². The van der Waals surface area contributed by atoms with Gasteiger partial charge in [-0.05, 0) is 47.9 Å². The van der Waals surface area contributed by atoms with Gasteiger partial charge in [-0.2, -0.15) is 0 Å². The second-order valence-electron chi connectivity index (χ2n) is 6.43. The van der Waals surface area contributed by atoms with Gasteiger partial charge in [0.05, 0.1) is 5.56 Å². The summed E-state index contributed by atoms with van der Waals surface area (Å²) in [6, 6.07) is 13.9. The first-order valence-electron chi connectivity index (χ1n) is 8.26. The molecule has 124 valence electrons. The molecule has 0 saturated heterocycles. The minimum atomic E-state index is -0.997. The van der Waals surface area contributed by atoms with E-state index in [9.17, 15) is 14.7 Å². The van der Waals surface area contributed by atoms with Crippen LogP contribution in [0.4, 0.5) is 0 Å². The van der Waals surface area contributed by atoms with E-state index in [1.54, 1.807) is 42.5 Å². The van der Waals surface area contributed by atoms with Gasteiger partial charge in [0.2, 0.25) is 0 Å². The highest BCUT2D eigenvalue weighted by atomic mass is 16.4. The Bertz CT molecular complexity index is 778. The molecule has 1 aliphatic rings. The minimum Gasteiger partial charge on any atom is -0.478 e. The Morgan fingerprint density at radius 2 is 1.54 bits per heavy atom. The zero-order valence-electron chi connectivity index (χ0n) is 13.7. The van der Waals surface area contributed by atoms with E-state index < -0.39 is 5.97 Å². The largest absolute Gasteiger partial charge is 0.478 e. The van der Waals surface area contributed by atoms with Gasteiger partial charge < -0.3 is 10.4 Å². The van der Waals surface area contributed by atoms with Gasteiger partial charge in [-0.1, -0.05) is 43.3 Å².